The van der Waals surface area contributed by atoms with E-state index in [9.17, 15) is 8.78 Å². The second-order valence-corrected chi connectivity index (χ2v) is 12.3. The molecule has 4 aromatic heterocycles. The fourth-order valence-electron chi connectivity index (χ4n) is 7.55. The standard InChI is InChI=1S/C43H25F2N3/c44-29-11-7-9-26(21-29)28-23-36(27-10-8-12-30(45)22-27)46-42(24-28)48-38-18-6-4-16-34(38)43-35-25-41-33-15-2-1-13-31(33)32-14-3-5-17-37(32)47(41)39(35)19-20-40(43)48/h1-25H. The van der Waals surface area contributed by atoms with Gasteiger partial charge in [-0.05, 0) is 83.2 Å². The first-order valence-electron chi connectivity index (χ1n) is 15.9. The second kappa shape index (κ2) is 10.1. The zero-order valence-electron chi connectivity index (χ0n) is 25.5. The van der Waals surface area contributed by atoms with Crippen LogP contribution in [0.4, 0.5) is 8.78 Å². The molecule has 6 aromatic carbocycles. The topological polar surface area (TPSA) is 22.2 Å². The van der Waals surface area contributed by atoms with E-state index in [0.29, 0.717) is 17.1 Å². The number of benzene rings is 6. The van der Waals surface area contributed by atoms with Gasteiger partial charge >= 0.3 is 0 Å². The van der Waals surface area contributed by atoms with Gasteiger partial charge in [-0.15, -0.1) is 0 Å². The quantitative estimate of drug-likeness (QED) is 0.180. The van der Waals surface area contributed by atoms with E-state index in [1.165, 1.54) is 40.4 Å². The Bertz CT molecular complexity index is 2870. The molecule has 48 heavy (non-hydrogen) atoms. The van der Waals surface area contributed by atoms with Gasteiger partial charge in [-0.1, -0.05) is 84.9 Å². The molecule has 3 nitrogen and oxygen atoms in total. The van der Waals surface area contributed by atoms with Crippen LogP contribution in [-0.4, -0.2) is 14.0 Å². The summed E-state index contributed by atoms with van der Waals surface area (Å²) in [5, 5.41) is 7.02. The Balaban J connectivity index is 1.33. The molecular formula is C43H25F2N3. The number of pyridine rings is 2. The van der Waals surface area contributed by atoms with Gasteiger partial charge in [0.15, 0.2) is 0 Å². The zero-order valence-corrected chi connectivity index (χ0v) is 25.5. The van der Waals surface area contributed by atoms with Gasteiger partial charge in [0.1, 0.15) is 17.5 Å². The van der Waals surface area contributed by atoms with Crippen LogP contribution in [-0.2, 0) is 0 Å². The van der Waals surface area contributed by atoms with Crippen LogP contribution in [0, 0.1) is 11.6 Å². The Kier molecular flexibility index (Phi) is 5.64. The molecule has 0 saturated heterocycles. The summed E-state index contributed by atoms with van der Waals surface area (Å²) in [5.41, 5.74) is 8.21. The van der Waals surface area contributed by atoms with Crippen molar-refractivity contribution in [1.29, 1.82) is 0 Å². The maximum absolute atomic E-state index is 14.5. The Morgan fingerprint density at radius 2 is 1.00 bits per heavy atom. The SMILES string of the molecule is Fc1cccc(-c2cc(-c3cccc(F)c3)nc(-n3c4ccccc4c4c5cc6c7ccccc7c7ccccc7n6c5ccc43)c2)c1. The lowest BCUT2D eigenvalue weighted by atomic mass is 10.0. The highest BCUT2D eigenvalue weighted by atomic mass is 19.1. The van der Waals surface area contributed by atoms with E-state index in [-0.39, 0.29) is 11.6 Å². The first-order valence-corrected chi connectivity index (χ1v) is 15.9. The number of rotatable bonds is 3. The van der Waals surface area contributed by atoms with E-state index in [0.717, 1.165) is 54.9 Å². The highest BCUT2D eigenvalue weighted by Gasteiger charge is 2.20. The largest absolute Gasteiger partial charge is 0.309 e. The number of aromatic nitrogens is 3. The molecule has 0 spiro atoms. The zero-order chi connectivity index (χ0) is 31.9. The molecule has 0 atom stereocenters. The first kappa shape index (κ1) is 26.8. The molecule has 226 valence electrons. The number of hydrogen-bond donors (Lipinski definition) is 0. The van der Waals surface area contributed by atoms with Crippen LogP contribution >= 0.6 is 0 Å². The average molecular weight is 622 g/mol. The van der Waals surface area contributed by atoms with E-state index < -0.39 is 0 Å². The fourth-order valence-corrected chi connectivity index (χ4v) is 7.55. The highest BCUT2D eigenvalue weighted by molar-refractivity contribution is 6.24. The van der Waals surface area contributed by atoms with Crippen LogP contribution in [0.1, 0.15) is 0 Å². The predicted molar refractivity (Wildman–Crippen MR) is 193 cm³/mol. The highest BCUT2D eigenvalue weighted by Crippen LogP contribution is 2.41. The fraction of sp³-hybridized carbons (Fsp3) is 0. The first-order chi connectivity index (χ1) is 23.6. The molecule has 0 N–H and O–H groups in total. The number of nitrogens with zero attached hydrogens (tertiary/aromatic N) is 3. The van der Waals surface area contributed by atoms with Gasteiger partial charge in [0.2, 0.25) is 0 Å². The lowest BCUT2D eigenvalue weighted by molar-refractivity contribution is 0.628. The maximum Gasteiger partial charge on any atom is 0.138 e. The van der Waals surface area contributed by atoms with Gasteiger partial charge in [0, 0.05) is 32.5 Å². The molecule has 0 radical (unpaired) electrons. The van der Waals surface area contributed by atoms with Gasteiger partial charge in [0.05, 0.1) is 33.3 Å². The minimum Gasteiger partial charge on any atom is -0.309 e. The van der Waals surface area contributed by atoms with Crippen LogP contribution in [0.2, 0.25) is 0 Å². The molecule has 0 bridgehead atoms. The van der Waals surface area contributed by atoms with E-state index in [2.05, 4.69) is 93.9 Å². The number of para-hydroxylation sites is 2. The van der Waals surface area contributed by atoms with Crippen molar-refractivity contribution in [3.05, 3.63) is 163 Å². The minimum atomic E-state index is -0.341. The predicted octanol–water partition coefficient (Wildman–Crippen LogP) is 11.5. The smallest absolute Gasteiger partial charge is 0.138 e. The molecule has 0 saturated carbocycles. The van der Waals surface area contributed by atoms with E-state index in [1.54, 1.807) is 12.1 Å². The number of fused-ring (bicyclic) bond motifs is 12. The van der Waals surface area contributed by atoms with Crippen molar-refractivity contribution in [2.75, 3.05) is 0 Å². The van der Waals surface area contributed by atoms with Crippen LogP contribution < -0.4 is 0 Å². The Morgan fingerprint density at radius 1 is 0.396 bits per heavy atom. The van der Waals surface area contributed by atoms with Gasteiger partial charge < -0.3 is 4.40 Å². The molecule has 0 unspecified atom stereocenters. The summed E-state index contributed by atoms with van der Waals surface area (Å²) in [5.74, 6) is 0.00608. The number of halogens is 2. The van der Waals surface area contributed by atoms with Gasteiger partial charge in [-0.25, -0.2) is 13.8 Å². The summed E-state index contributed by atoms with van der Waals surface area (Å²) in [7, 11) is 0. The normalized spacial score (nSPS) is 12.0. The maximum atomic E-state index is 14.5. The Labute approximate surface area is 273 Å². The van der Waals surface area contributed by atoms with Crippen molar-refractivity contribution in [2.45, 2.75) is 0 Å². The summed E-state index contributed by atoms with van der Waals surface area (Å²) < 4.78 is 33.5. The Morgan fingerprint density at radius 3 is 1.77 bits per heavy atom. The third-order valence-electron chi connectivity index (χ3n) is 9.58. The van der Waals surface area contributed by atoms with Crippen LogP contribution in [0.3, 0.4) is 0 Å². The summed E-state index contributed by atoms with van der Waals surface area (Å²) in [6, 6.07) is 49.1. The van der Waals surface area contributed by atoms with Crippen molar-refractivity contribution in [1.82, 2.24) is 14.0 Å². The average Bonchev–Trinajstić information content (AvgIpc) is 3.68. The van der Waals surface area contributed by atoms with Gasteiger partial charge in [0.25, 0.3) is 0 Å². The third kappa shape index (κ3) is 3.88. The van der Waals surface area contributed by atoms with Crippen LogP contribution in [0.15, 0.2) is 152 Å². The molecule has 5 heteroatoms. The molecule has 10 aromatic rings. The molecule has 10 rings (SSSR count). The lowest BCUT2D eigenvalue weighted by Crippen LogP contribution is -2.00. The number of hydrogen-bond acceptors (Lipinski definition) is 1. The molecule has 0 amide bonds. The minimum absolute atomic E-state index is 0.321. The third-order valence-corrected chi connectivity index (χ3v) is 9.58. The molecule has 0 aliphatic carbocycles. The second-order valence-electron chi connectivity index (χ2n) is 12.3. The molecular weight excluding hydrogens is 596 g/mol. The van der Waals surface area contributed by atoms with E-state index in [4.69, 9.17) is 4.98 Å². The van der Waals surface area contributed by atoms with Gasteiger partial charge in [-0.2, -0.15) is 0 Å². The molecule has 0 aliphatic heterocycles. The van der Waals surface area contributed by atoms with Crippen molar-refractivity contribution in [2.24, 2.45) is 0 Å². The lowest BCUT2D eigenvalue weighted by Gasteiger charge is -2.13. The van der Waals surface area contributed by atoms with Crippen molar-refractivity contribution in [3.63, 3.8) is 0 Å². The summed E-state index contributed by atoms with van der Waals surface area (Å²) in [6.45, 7) is 0. The van der Waals surface area contributed by atoms with Crippen molar-refractivity contribution >= 4 is 59.9 Å². The van der Waals surface area contributed by atoms with Crippen molar-refractivity contribution in [3.8, 4) is 28.2 Å². The van der Waals surface area contributed by atoms with Crippen LogP contribution in [0.5, 0.6) is 0 Å². The summed E-state index contributed by atoms with van der Waals surface area (Å²) in [6.07, 6.45) is 0. The molecule has 4 heterocycles. The van der Waals surface area contributed by atoms with Crippen molar-refractivity contribution < 1.29 is 8.78 Å². The summed E-state index contributed by atoms with van der Waals surface area (Å²) in [4.78, 5) is 5.14. The Hall–Kier alpha value is -6.33. The van der Waals surface area contributed by atoms with Crippen LogP contribution in [0.25, 0.3) is 88.1 Å². The van der Waals surface area contributed by atoms with E-state index in [1.807, 2.05) is 30.3 Å². The monoisotopic (exact) mass is 621 g/mol. The molecule has 0 aliphatic rings. The summed E-state index contributed by atoms with van der Waals surface area (Å²) >= 11 is 0. The van der Waals surface area contributed by atoms with Gasteiger partial charge in [-0.3, -0.25) is 4.57 Å². The molecule has 0 fully saturated rings. The van der Waals surface area contributed by atoms with E-state index >= 15 is 0 Å².